The van der Waals surface area contributed by atoms with Crippen molar-refractivity contribution in [2.45, 2.75) is 30.0 Å². The first-order valence-electron chi connectivity index (χ1n) is 10.1. The van der Waals surface area contributed by atoms with Crippen LogP contribution in [0.2, 0.25) is 0 Å². The van der Waals surface area contributed by atoms with Crippen molar-refractivity contribution in [3.05, 3.63) is 101 Å². The molecule has 1 N–H and O–H groups in total. The van der Waals surface area contributed by atoms with Crippen LogP contribution in [-0.2, 0) is 39.4 Å². The maximum Gasteiger partial charge on any atom is 0.335 e. The predicted octanol–water partition coefficient (Wildman–Crippen LogP) is 3.56. The standard InChI is InChI=1S/C24H21NO5S/c26-23(27)18-11-10-17-12-13-25-16-20-7-5-4-6-19(20)15-24(25,22(17)14-18)30-31(28,29)21-8-2-1-3-9-21/h1-11,14H,12-13,15-16H2,(H,26,27). The Morgan fingerprint density at radius 2 is 1.65 bits per heavy atom. The minimum Gasteiger partial charge on any atom is -0.478 e. The van der Waals surface area contributed by atoms with Gasteiger partial charge in [0.15, 0.2) is 5.72 Å². The highest BCUT2D eigenvalue weighted by Crippen LogP contribution is 2.46. The van der Waals surface area contributed by atoms with Gasteiger partial charge in [0.25, 0.3) is 10.1 Å². The van der Waals surface area contributed by atoms with Crippen LogP contribution in [0.3, 0.4) is 0 Å². The summed E-state index contributed by atoms with van der Waals surface area (Å²) in [5.41, 5.74) is 2.44. The second-order valence-electron chi connectivity index (χ2n) is 7.93. The summed E-state index contributed by atoms with van der Waals surface area (Å²) in [5.74, 6) is -1.06. The molecule has 2 heterocycles. The summed E-state index contributed by atoms with van der Waals surface area (Å²) in [7, 11) is -4.11. The van der Waals surface area contributed by atoms with Crippen molar-refractivity contribution in [2.24, 2.45) is 0 Å². The van der Waals surface area contributed by atoms with Crippen LogP contribution in [0.15, 0.2) is 77.7 Å². The molecule has 3 aromatic rings. The zero-order valence-corrected chi connectivity index (χ0v) is 17.5. The number of hydrogen-bond acceptors (Lipinski definition) is 5. The number of aromatic carboxylic acids is 1. The largest absolute Gasteiger partial charge is 0.478 e. The van der Waals surface area contributed by atoms with E-state index in [0.29, 0.717) is 31.5 Å². The van der Waals surface area contributed by atoms with Crippen molar-refractivity contribution in [1.29, 1.82) is 0 Å². The molecule has 0 saturated carbocycles. The third-order valence-corrected chi connectivity index (χ3v) is 7.47. The maximum atomic E-state index is 13.3. The van der Waals surface area contributed by atoms with Crippen LogP contribution in [0.4, 0.5) is 0 Å². The van der Waals surface area contributed by atoms with Crippen LogP contribution in [0.5, 0.6) is 0 Å². The van der Waals surface area contributed by atoms with Crippen LogP contribution < -0.4 is 0 Å². The van der Waals surface area contributed by atoms with E-state index in [4.69, 9.17) is 4.18 Å². The van der Waals surface area contributed by atoms with Crippen LogP contribution in [0, 0.1) is 0 Å². The number of rotatable bonds is 4. The molecule has 1 unspecified atom stereocenters. The second kappa shape index (κ2) is 7.30. The van der Waals surface area contributed by atoms with E-state index in [9.17, 15) is 18.3 Å². The fraction of sp³-hybridized carbons (Fsp3) is 0.208. The van der Waals surface area contributed by atoms with Gasteiger partial charge in [-0.05, 0) is 47.4 Å². The van der Waals surface area contributed by atoms with Gasteiger partial charge in [-0.25, -0.2) is 8.98 Å². The molecule has 0 aliphatic carbocycles. The van der Waals surface area contributed by atoms with Gasteiger partial charge >= 0.3 is 5.97 Å². The molecule has 0 amide bonds. The molecule has 0 aromatic heterocycles. The first-order chi connectivity index (χ1) is 14.9. The van der Waals surface area contributed by atoms with E-state index in [0.717, 1.165) is 16.7 Å². The Morgan fingerprint density at radius 1 is 0.935 bits per heavy atom. The predicted molar refractivity (Wildman–Crippen MR) is 114 cm³/mol. The van der Waals surface area contributed by atoms with Crippen LogP contribution >= 0.6 is 0 Å². The van der Waals surface area contributed by atoms with E-state index in [1.165, 1.54) is 12.1 Å². The number of nitrogens with zero attached hydrogens (tertiary/aromatic N) is 1. The highest BCUT2D eigenvalue weighted by molar-refractivity contribution is 7.86. The molecule has 1 atom stereocenters. The molecule has 0 radical (unpaired) electrons. The number of benzene rings is 3. The second-order valence-corrected chi connectivity index (χ2v) is 9.48. The van der Waals surface area contributed by atoms with E-state index in [-0.39, 0.29) is 10.5 Å². The van der Waals surface area contributed by atoms with Gasteiger partial charge in [-0.1, -0.05) is 48.5 Å². The van der Waals surface area contributed by atoms with Gasteiger partial charge in [0.2, 0.25) is 0 Å². The van der Waals surface area contributed by atoms with Crippen molar-refractivity contribution in [1.82, 2.24) is 4.90 Å². The Hall–Kier alpha value is -3.00. The molecule has 0 fully saturated rings. The molecule has 31 heavy (non-hydrogen) atoms. The first-order valence-corrected chi connectivity index (χ1v) is 11.5. The fourth-order valence-electron chi connectivity index (χ4n) is 4.60. The lowest BCUT2D eigenvalue weighted by atomic mass is 9.80. The maximum absolute atomic E-state index is 13.3. The fourth-order valence-corrected chi connectivity index (χ4v) is 5.81. The summed E-state index contributed by atoms with van der Waals surface area (Å²) in [5, 5.41) is 9.56. The van der Waals surface area contributed by atoms with Gasteiger partial charge in [0.05, 0.1) is 10.5 Å². The summed E-state index contributed by atoms with van der Waals surface area (Å²) >= 11 is 0. The minimum atomic E-state index is -4.11. The lowest BCUT2D eigenvalue weighted by Crippen LogP contribution is -2.56. The third kappa shape index (κ3) is 3.35. The van der Waals surface area contributed by atoms with E-state index in [1.54, 1.807) is 36.4 Å². The average molecular weight is 436 g/mol. The molecule has 3 aromatic carbocycles. The van der Waals surface area contributed by atoms with E-state index < -0.39 is 21.8 Å². The minimum absolute atomic E-state index is 0.0738. The molecule has 7 heteroatoms. The van der Waals surface area contributed by atoms with Crippen LogP contribution in [0.1, 0.15) is 32.6 Å². The number of fused-ring (bicyclic) bond motifs is 4. The highest BCUT2D eigenvalue weighted by Gasteiger charge is 2.50. The molecule has 6 nitrogen and oxygen atoms in total. The lowest BCUT2D eigenvalue weighted by Gasteiger charge is -2.50. The lowest BCUT2D eigenvalue weighted by molar-refractivity contribution is -0.109. The van der Waals surface area contributed by atoms with Crippen molar-refractivity contribution in [3.63, 3.8) is 0 Å². The summed E-state index contributed by atoms with van der Waals surface area (Å²) in [4.78, 5) is 13.8. The molecule has 0 bridgehead atoms. The van der Waals surface area contributed by atoms with Crippen LogP contribution in [0.25, 0.3) is 0 Å². The van der Waals surface area contributed by atoms with Crippen molar-refractivity contribution in [3.8, 4) is 0 Å². The zero-order valence-electron chi connectivity index (χ0n) is 16.7. The number of hydrogen-bond donors (Lipinski definition) is 1. The Bertz CT molecular complexity index is 1270. The molecule has 158 valence electrons. The smallest absolute Gasteiger partial charge is 0.335 e. The molecule has 2 aliphatic rings. The van der Waals surface area contributed by atoms with Gasteiger partial charge in [-0.2, -0.15) is 8.42 Å². The SMILES string of the molecule is O=C(O)c1ccc2c(c1)C1(OS(=O)(=O)c3ccccc3)Cc3ccccc3CN1CC2. The van der Waals surface area contributed by atoms with Gasteiger partial charge < -0.3 is 5.11 Å². The Kier molecular flexibility index (Phi) is 4.69. The zero-order chi connectivity index (χ0) is 21.6. The summed E-state index contributed by atoms with van der Waals surface area (Å²) in [6.45, 7) is 1.13. The molecular weight excluding hydrogens is 414 g/mol. The van der Waals surface area contributed by atoms with Crippen molar-refractivity contribution >= 4 is 16.1 Å². The summed E-state index contributed by atoms with van der Waals surface area (Å²) < 4.78 is 32.7. The highest BCUT2D eigenvalue weighted by atomic mass is 32.2. The van der Waals surface area contributed by atoms with Gasteiger partial charge in [-0.15, -0.1) is 0 Å². The molecule has 2 aliphatic heterocycles. The average Bonchev–Trinajstić information content (AvgIpc) is 2.77. The molecule has 5 rings (SSSR count). The molecular formula is C24H21NO5S. The van der Waals surface area contributed by atoms with E-state index >= 15 is 0 Å². The normalized spacial score (nSPS) is 20.4. The van der Waals surface area contributed by atoms with Gasteiger partial charge in [0, 0.05) is 25.1 Å². The molecule has 0 spiro atoms. The third-order valence-electron chi connectivity index (χ3n) is 6.13. The van der Waals surface area contributed by atoms with Crippen molar-refractivity contribution in [2.75, 3.05) is 6.54 Å². The topological polar surface area (TPSA) is 83.9 Å². The number of carbonyl (C=O) groups is 1. The quantitative estimate of drug-likeness (QED) is 0.631. The van der Waals surface area contributed by atoms with Crippen molar-refractivity contribution < 1.29 is 22.5 Å². The van der Waals surface area contributed by atoms with Crippen LogP contribution in [-0.4, -0.2) is 30.9 Å². The Morgan fingerprint density at radius 3 is 2.39 bits per heavy atom. The van der Waals surface area contributed by atoms with E-state index in [1.807, 2.05) is 29.2 Å². The monoisotopic (exact) mass is 435 g/mol. The Balaban J connectivity index is 1.71. The Labute approximate surface area is 180 Å². The van der Waals surface area contributed by atoms with E-state index in [2.05, 4.69) is 0 Å². The first kappa shape index (κ1) is 19.9. The summed E-state index contributed by atoms with van der Waals surface area (Å²) in [6.07, 6.45) is 0.999. The van der Waals surface area contributed by atoms with Gasteiger partial charge in [-0.3, -0.25) is 4.90 Å². The number of carboxylic acids is 1. The summed E-state index contributed by atoms with van der Waals surface area (Å²) in [6, 6.07) is 20.9. The molecule has 0 saturated heterocycles. The van der Waals surface area contributed by atoms with Gasteiger partial charge in [0.1, 0.15) is 0 Å². The number of carboxylic acid groups (broad SMARTS) is 1.